The Labute approximate surface area is 192 Å². The van der Waals surface area contributed by atoms with Crippen LogP contribution in [0.25, 0.3) is 0 Å². The number of nitrogens with one attached hydrogen (secondary N) is 3. The highest BCUT2D eigenvalue weighted by molar-refractivity contribution is 14.0. The van der Waals surface area contributed by atoms with Gasteiger partial charge in [0.05, 0.1) is 12.4 Å². The molecule has 0 amide bonds. The number of sulfonamides is 1. The van der Waals surface area contributed by atoms with Gasteiger partial charge < -0.3 is 20.1 Å². The molecule has 1 rings (SSSR count). The first-order chi connectivity index (χ1) is 13.4. The van der Waals surface area contributed by atoms with Crippen LogP contribution in [0.4, 0.5) is 0 Å². The largest absolute Gasteiger partial charge is 0.493 e. The van der Waals surface area contributed by atoms with Crippen molar-refractivity contribution in [2.75, 3.05) is 46.2 Å². The summed E-state index contributed by atoms with van der Waals surface area (Å²) in [5, 5.41) is 6.44. The highest BCUT2D eigenvalue weighted by Gasteiger charge is 2.07. The first-order valence-corrected chi connectivity index (χ1v) is 11.2. The summed E-state index contributed by atoms with van der Waals surface area (Å²) in [6, 6.07) is 6.12. The van der Waals surface area contributed by atoms with Crippen molar-refractivity contribution in [2.24, 2.45) is 4.99 Å². The van der Waals surface area contributed by atoms with Crippen molar-refractivity contribution in [3.05, 3.63) is 29.3 Å². The molecule has 0 aliphatic carbocycles. The van der Waals surface area contributed by atoms with Gasteiger partial charge in [0.2, 0.25) is 10.0 Å². The molecular formula is C19H35IN4O4S. The van der Waals surface area contributed by atoms with Crippen molar-refractivity contribution >= 4 is 40.0 Å². The fourth-order valence-corrected chi connectivity index (χ4v) is 3.01. The second-order valence-corrected chi connectivity index (χ2v) is 8.41. The van der Waals surface area contributed by atoms with E-state index in [1.165, 1.54) is 0 Å². The Morgan fingerprint density at radius 1 is 1.14 bits per heavy atom. The topological polar surface area (TPSA) is 101 Å². The van der Waals surface area contributed by atoms with Gasteiger partial charge in [0.15, 0.2) is 5.96 Å². The number of benzene rings is 1. The molecule has 29 heavy (non-hydrogen) atoms. The predicted molar refractivity (Wildman–Crippen MR) is 129 cm³/mol. The number of ether oxygens (including phenoxy) is 2. The first kappa shape index (κ1) is 27.9. The maximum atomic E-state index is 11.4. The van der Waals surface area contributed by atoms with Gasteiger partial charge in [0.25, 0.3) is 0 Å². The van der Waals surface area contributed by atoms with E-state index < -0.39 is 10.0 Å². The number of hydrogen-bond acceptors (Lipinski definition) is 5. The van der Waals surface area contributed by atoms with Crippen LogP contribution in [0.1, 0.15) is 30.9 Å². The average Bonchev–Trinajstić information content (AvgIpc) is 2.68. The van der Waals surface area contributed by atoms with Gasteiger partial charge in [-0.2, -0.15) is 0 Å². The smallest absolute Gasteiger partial charge is 0.211 e. The predicted octanol–water partition coefficient (Wildman–Crippen LogP) is 2.02. The van der Waals surface area contributed by atoms with Crippen LogP contribution in [0.3, 0.4) is 0 Å². The minimum atomic E-state index is -3.14. The number of halogens is 1. The summed E-state index contributed by atoms with van der Waals surface area (Å²) in [4.78, 5) is 4.20. The van der Waals surface area contributed by atoms with E-state index in [1.807, 2.05) is 19.1 Å². The van der Waals surface area contributed by atoms with E-state index in [1.54, 1.807) is 21.1 Å². The van der Waals surface area contributed by atoms with E-state index in [0.29, 0.717) is 45.2 Å². The van der Waals surface area contributed by atoms with Gasteiger partial charge in [-0.3, -0.25) is 4.99 Å². The molecule has 0 saturated carbocycles. The van der Waals surface area contributed by atoms with Gasteiger partial charge in [-0.05, 0) is 31.9 Å². The number of nitrogens with zero attached hydrogens (tertiary/aromatic N) is 1. The highest BCUT2D eigenvalue weighted by Crippen LogP contribution is 2.20. The molecule has 0 unspecified atom stereocenters. The Kier molecular flexibility index (Phi) is 15.1. The van der Waals surface area contributed by atoms with Crippen LogP contribution in [-0.4, -0.2) is 60.6 Å². The molecule has 0 atom stereocenters. The van der Waals surface area contributed by atoms with Crippen molar-refractivity contribution in [1.29, 1.82) is 0 Å². The summed E-state index contributed by atoms with van der Waals surface area (Å²) in [5.41, 5.74) is 2.18. The summed E-state index contributed by atoms with van der Waals surface area (Å²) < 4.78 is 36.3. The molecule has 3 N–H and O–H groups in total. The van der Waals surface area contributed by atoms with Crippen LogP contribution in [0.15, 0.2) is 23.2 Å². The molecule has 0 radical (unpaired) electrons. The molecule has 1 aromatic rings. The van der Waals surface area contributed by atoms with Crippen molar-refractivity contribution in [2.45, 2.75) is 33.2 Å². The lowest BCUT2D eigenvalue weighted by molar-refractivity contribution is 0.171. The summed E-state index contributed by atoms with van der Waals surface area (Å²) in [7, 11) is 0.244. The molecule has 0 aliphatic heterocycles. The zero-order valence-corrected chi connectivity index (χ0v) is 20.9. The van der Waals surface area contributed by atoms with E-state index in [0.717, 1.165) is 23.3 Å². The Bertz CT molecular complexity index is 714. The maximum absolute atomic E-state index is 11.4. The second-order valence-electron chi connectivity index (χ2n) is 6.31. The van der Waals surface area contributed by atoms with E-state index in [9.17, 15) is 8.42 Å². The van der Waals surface area contributed by atoms with E-state index in [4.69, 9.17) is 9.47 Å². The Morgan fingerprint density at radius 2 is 1.90 bits per heavy atom. The molecule has 168 valence electrons. The third-order valence-corrected chi connectivity index (χ3v) is 5.39. The quantitative estimate of drug-likeness (QED) is 0.153. The number of rotatable bonds is 13. The second kappa shape index (κ2) is 15.7. The van der Waals surface area contributed by atoms with Crippen LogP contribution in [-0.2, 0) is 21.3 Å². The number of hydrogen-bond donors (Lipinski definition) is 3. The monoisotopic (exact) mass is 542 g/mol. The van der Waals surface area contributed by atoms with E-state index in [2.05, 4.69) is 26.4 Å². The average molecular weight is 542 g/mol. The van der Waals surface area contributed by atoms with Gasteiger partial charge in [0, 0.05) is 52.4 Å². The zero-order chi connectivity index (χ0) is 20.8. The SMILES string of the molecule is CCS(=O)(=O)NCCCNC(=NC)NCc1ccc(C)cc1OCCCOC.I. The van der Waals surface area contributed by atoms with Crippen LogP contribution in [0.5, 0.6) is 5.75 Å². The lowest BCUT2D eigenvalue weighted by atomic mass is 10.1. The molecular weight excluding hydrogens is 507 g/mol. The van der Waals surface area contributed by atoms with Gasteiger partial charge in [-0.25, -0.2) is 13.1 Å². The Balaban J connectivity index is 0.00000784. The number of guanidine groups is 1. The van der Waals surface area contributed by atoms with Crippen LogP contribution >= 0.6 is 24.0 Å². The highest BCUT2D eigenvalue weighted by atomic mass is 127. The third kappa shape index (κ3) is 12.2. The van der Waals surface area contributed by atoms with E-state index in [-0.39, 0.29) is 29.7 Å². The lowest BCUT2D eigenvalue weighted by Gasteiger charge is -2.15. The lowest BCUT2D eigenvalue weighted by Crippen LogP contribution is -2.38. The third-order valence-electron chi connectivity index (χ3n) is 3.99. The van der Waals surface area contributed by atoms with Gasteiger partial charge in [0.1, 0.15) is 5.75 Å². The standard InChI is InChI=1S/C19H34N4O4S.HI/c1-5-28(24,25)23-11-6-10-21-19(20-3)22-15-17-9-8-16(2)14-18(17)27-13-7-12-26-4;/h8-9,14,23H,5-7,10-13,15H2,1-4H3,(H2,20,21,22);1H. The fraction of sp³-hybridized carbons (Fsp3) is 0.632. The number of aryl methyl sites for hydroxylation is 1. The number of aliphatic imine (C=N–C) groups is 1. The molecule has 0 saturated heterocycles. The molecule has 0 heterocycles. The summed E-state index contributed by atoms with van der Waals surface area (Å²) in [6.45, 7) is 6.51. The normalized spacial score (nSPS) is 11.7. The first-order valence-electron chi connectivity index (χ1n) is 9.55. The van der Waals surface area contributed by atoms with Crippen LogP contribution in [0, 0.1) is 6.92 Å². The fourth-order valence-electron chi connectivity index (χ4n) is 2.35. The minimum Gasteiger partial charge on any atom is -0.493 e. The molecule has 8 nitrogen and oxygen atoms in total. The molecule has 0 aliphatic rings. The van der Waals surface area contributed by atoms with E-state index >= 15 is 0 Å². The molecule has 0 bridgehead atoms. The molecule has 0 fully saturated rings. The van der Waals surface area contributed by atoms with Crippen LogP contribution in [0.2, 0.25) is 0 Å². The molecule has 0 spiro atoms. The van der Waals surface area contributed by atoms with Crippen molar-refractivity contribution in [3.63, 3.8) is 0 Å². The maximum Gasteiger partial charge on any atom is 0.211 e. The minimum absolute atomic E-state index is 0. The number of methoxy groups -OCH3 is 1. The summed E-state index contributed by atoms with van der Waals surface area (Å²) >= 11 is 0. The molecule has 1 aromatic carbocycles. The van der Waals surface area contributed by atoms with Crippen LogP contribution < -0.4 is 20.1 Å². The Hall–Kier alpha value is -1.11. The van der Waals surface area contributed by atoms with Crippen molar-refractivity contribution in [1.82, 2.24) is 15.4 Å². The van der Waals surface area contributed by atoms with Crippen molar-refractivity contribution in [3.8, 4) is 5.75 Å². The summed E-state index contributed by atoms with van der Waals surface area (Å²) in [5.74, 6) is 1.60. The molecule has 0 aromatic heterocycles. The van der Waals surface area contributed by atoms with Gasteiger partial charge >= 0.3 is 0 Å². The van der Waals surface area contributed by atoms with Gasteiger partial charge in [-0.1, -0.05) is 12.1 Å². The zero-order valence-electron chi connectivity index (χ0n) is 17.8. The molecule has 10 heteroatoms. The van der Waals surface area contributed by atoms with Gasteiger partial charge in [-0.15, -0.1) is 24.0 Å². The summed E-state index contributed by atoms with van der Waals surface area (Å²) in [6.07, 6.45) is 1.50. The van der Waals surface area contributed by atoms with Crippen molar-refractivity contribution < 1.29 is 17.9 Å². The Morgan fingerprint density at radius 3 is 2.55 bits per heavy atom.